The molecule has 1 amide bonds. The fraction of sp³-hybridized carbons (Fsp3) is 0.462. The molecule has 3 nitrogen and oxygen atoms in total. The maximum absolute atomic E-state index is 12.5. The summed E-state index contributed by atoms with van der Waals surface area (Å²) in [7, 11) is 0. The smallest absolute Gasteiger partial charge is 0.409 e. The molecular formula is C13H13ClF3NO2. The summed E-state index contributed by atoms with van der Waals surface area (Å²) in [5.74, 6) is -0.0600. The number of carbonyl (C=O) groups excluding carboxylic acids is 1. The first-order valence-electron chi connectivity index (χ1n) is 6.21. The van der Waals surface area contributed by atoms with E-state index in [9.17, 15) is 18.0 Å². The van der Waals surface area contributed by atoms with E-state index < -0.39 is 17.8 Å². The number of likely N-dealkylation sites (tertiary alicyclic amines) is 1. The number of alkyl halides is 3. The lowest BCUT2D eigenvalue weighted by Crippen LogP contribution is -2.37. The van der Waals surface area contributed by atoms with Gasteiger partial charge in [0.2, 0.25) is 0 Å². The van der Waals surface area contributed by atoms with E-state index in [-0.39, 0.29) is 10.8 Å². The minimum absolute atomic E-state index is 0.0600. The number of hydrogen-bond donors (Lipinski definition) is 0. The topological polar surface area (TPSA) is 29.5 Å². The van der Waals surface area contributed by atoms with E-state index in [1.807, 2.05) is 0 Å². The minimum Gasteiger partial charge on any atom is -0.409 e. The molecule has 0 saturated carbocycles. The predicted octanol–water partition coefficient (Wildman–Crippen LogP) is 4.34. The number of nitrogens with zero attached hydrogens (tertiary/aromatic N) is 1. The molecule has 0 spiro atoms. The third kappa shape index (κ3) is 3.56. The highest BCUT2D eigenvalue weighted by Gasteiger charge is 2.31. The van der Waals surface area contributed by atoms with Gasteiger partial charge in [-0.25, -0.2) is 4.79 Å². The predicted molar refractivity (Wildman–Crippen MR) is 67.9 cm³/mol. The molecular weight excluding hydrogens is 295 g/mol. The van der Waals surface area contributed by atoms with Crippen LogP contribution >= 0.6 is 11.6 Å². The van der Waals surface area contributed by atoms with Crippen LogP contribution in [-0.4, -0.2) is 24.1 Å². The van der Waals surface area contributed by atoms with Gasteiger partial charge < -0.3 is 9.64 Å². The molecule has 1 saturated heterocycles. The molecule has 0 radical (unpaired) electrons. The van der Waals surface area contributed by atoms with Crippen molar-refractivity contribution >= 4 is 17.7 Å². The Balaban J connectivity index is 2.08. The summed E-state index contributed by atoms with van der Waals surface area (Å²) in [5, 5.41) is -0.231. The Morgan fingerprint density at radius 1 is 1.20 bits per heavy atom. The summed E-state index contributed by atoms with van der Waals surface area (Å²) >= 11 is 5.72. The van der Waals surface area contributed by atoms with E-state index in [2.05, 4.69) is 0 Å². The first kappa shape index (κ1) is 15.0. The number of hydrogen-bond acceptors (Lipinski definition) is 2. The van der Waals surface area contributed by atoms with E-state index in [1.54, 1.807) is 0 Å². The van der Waals surface area contributed by atoms with Crippen molar-refractivity contribution in [3.05, 3.63) is 28.8 Å². The quantitative estimate of drug-likeness (QED) is 0.772. The van der Waals surface area contributed by atoms with Crippen molar-refractivity contribution in [2.75, 3.05) is 13.1 Å². The van der Waals surface area contributed by atoms with Gasteiger partial charge in [0, 0.05) is 13.1 Å². The molecule has 0 aromatic heterocycles. The third-order valence-corrected chi connectivity index (χ3v) is 3.37. The van der Waals surface area contributed by atoms with Crippen LogP contribution < -0.4 is 4.74 Å². The van der Waals surface area contributed by atoms with Crippen LogP contribution in [0.5, 0.6) is 5.75 Å². The zero-order valence-corrected chi connectivity index (χ0v) is 11.3. The maximum atomic E-state index is 12.5. The van der Waals surface area contributed by atoms with E-state index in [1.165, 1.54) is 4.90 Å². The second kappa shape index (κ2) is 5.91. The van der Waals surface area contributed by atoms with Crippen LogP contribution in [0.4, 0.5) is 18.0 Å². The van der Waals surface area contributed by atoms with Crippen LogP contribution in [0.3, 0.4) is 0 Å². The molecule has 0 N–H and O–H groups in total. The molecule has 1 aromatic rings. The first-order chi connectivity index (χ1) is 9.38. The molecule has 1 aliphatic heterocycles. The fourth-order valence-corrected chi connectivity index (χ4v) is 2.21. The Labute approximate surface area is 119 Å². The summed E-state index contributed by atoms with van der Waals surface area (Å²) in [6, 6.07) is 2.65. The van der Waals surface area contributed by atoms with Crippen LogP contribution in [0.1, 0.15) is 24.8 Å². The zero-order chi connectivity index (χ0) is 14.8. The van der Waals surface area contributed by atoms with Crippen molar-refractivity contribution in [3.63, 3.8) is 0 Å². The van der Waals surface area contributed by atoms with Crippen LogP contribution in [0.2, 0.25) is 5.02 Å². The summed E-state index contributed by atoms with van der Waals surface area (Å²) in [4.78, 5) is 13.3. The Morgan fingerprint density at radius 3 is 2.40 bits per heavy atom. The van der Waals surface area contributed by atoms with Gasteiger partial charge in [0.25, 0.3) is 0 Å². The summed E-state index contributed by atoms with van der Waals surface area (Å²) < 4.78 is 42.5. The van der Waals surface area contributed by atoms with Gasteiger partial charge in [-0.3, -0.25) is 0 Å². The molecule has 20 heavy (non-hydrogen) atoms. The lowest BCUT2D eigenvalue weighted by molar-refractivity contribution is -0.137. The minimum atomic E-state index is -4.47. The Kier molecular flexibility index (Phi) is 4.42. The standard InChI is InChI=1S/C13H13ClF3NO2/c14-10-8-9(13(15,16)17)4-5-11(10)20-12(19)18-6-2-1-3-7-18/h4-5,8H,1-3,6-7H2. The van der Waals surface area contributed by atoms with E-state index in [4.69, 9.17) is 16.3 Å². The number of rotatable bonds is 1. The van der Waals surface area contributed by atoms with Crippen LogP contribution in [0.25, 0.3) is 0 Å². The molecule has 1 heterocycles. The van der Waals surface area contributed by atoms with Crippen molar-refractivity contribution in [3.8, 4) is 5.75 Å². The largest absolute Gasteiger partial charge is 0.416 e. The molecule has 1 fully saturated rings. The van der Waals surface area contributed by atoms with Crippen molar-refractivity contribution in [1.82, 2.24) is 4.90 Å². The molecule has 0 aliphatic carbocycles. The molecule has 0 bridgehead atoms. The molecule has 1 aromatic carbocycles. The summed E-state index contributed by atoms with van der Waals surface area (Å²) in [6.07, 6.45) is -2.19. The monoisotopic (exact) mass is 307 g/mol. The maximum Gasteiger partial charge on any atom is 0.416 e. The SMILES string of the molecule is O=C(Oc1ccc(C(F)(F)F)cc1Cl)N1CCCCC1. The van der Waals surface area contributed by atoms with Crippen LogP contribution in [0, 0.1) is 0 Å². The number of piperidine rings is 1. The zero-order valence-electron chi connectivity index (χ0n) is 10.5. The van der Waals surface area contributed by atoms with E-state index in [0.29, 0.717) is 13.1 Å². The Bertz CT molecular complexity index is 499. The number of carbonyl (C=O) groups is 1. The molecule has 1 aliphatic rings. The molecule has 110 valence electrons. The van der Waals surface area contributed by atoms with Gasteiger partial charge in [-0.1, -0.05) is 11.6 Å². The average molecular weight is 308 g/mol. The summed E-state index contributed by atoms with van der Waals surface area (Å²) in [5.41, 5.74) is -0.875. The van der Waals surface area contributed by atoms with Crippen LogP contribution in [-0.2, 0) is 6.18 Å². The number of amides is 1. The average Bonchev–Trinajstić information content (AvgIpc) is 2.41. The third-order valence-electron chi connectivity index (χ3n) is 3.07. The molecule has 0 unspecified atom stereocenters. The lowest BCUT2D eigenvalue weighted by Gasteiger charge is -2.25. The van der Waals surface area contributed by atoms with Gasteiger partial charge >= 0.3 is 12.3 Å². The van der Waals surface area contributed by atoms with Gasteiger partial charge in [0.15, 0.2) is 5.75 Å². The van der Waals surface area contributed by atoms with Gasteiger partial charge in [-0.15, -0.1) is 0 Å². The Morgan fingerprint density at radius 2 is 1.85 bits per heavy atom. The van der Waals surface area contributed by atoms with Crippen LogP contribution in [0.15, 0.2) is 18.2 Å². The fourth-order valence-electron chi connectivity index (χ4n) is 2.00. The van der Waals surface area contributed by atoms with E-state index in [0.717, 1.165) is 37.5 Å². The Hall–Kier alpha value is -1.43. The van der Waals surface area contributed by atoms with Crippen molar-refractivity contribution < 1.29 is 22.7 Å². The van der Waals surface area contributed by atoms with Gasteiger partial charge in [0.05, 0.1) is 10.6 Å². The van der Waals surface area contributed by atoms with Gasteiger partial charge in [-0.05, 0) is 37.5 Å². The number of halogens is 4. The highest BCUT2D eigenvalue weighted by molar-refractivity contribution is 6.32. The normalized spacial score (nSPS) is 16.1. The van der Waals surface area contributed by atoms with Gasteiger partial charge in [0.1, 0.15) is 0 Å². The van der Waals surface area contributed by atoms with Crippen molar-refractivity contribution in [2.45, 2.75) is 25.4 Å². The van der Waals surface area contributed by atoms with Gasteiger partial charge in [-0.2, -0.15) is 13.2 Å². The van der Waals surface area contributed by atoms with Crippen molar-refractivity contribution in [2.24, 2.45) is 0 Å². The highest BCUT2D eigenvalue weighted by Crippen LogP contribution is 2.34. The number of benzene rings is 1. The first-order valence-corrected chi connectivity index (χ1v) is 6.59. The summed E-state index contributed by atoms with van der Waals surface area (Å²) in [6.45, 7) is 1.19. The second-order valence-corrected chi connectivity index (χ2v) is 4.97. The van der Waals surface area contributed by atoms with Crippen molar-refractivity contribution in [1.29, 1.82) is 0 Å². The molecule has 0 atom stereocenters. The molecule has 2 rings (SSSR count). The van der Waals surface area contributed by atoms with E-state index >= 15 is 0 Å². The molecule has 7 heteroatoms. The highest BCUT2D eigenvalue weighted by atomic mass is 35.5. The second-order valence-electron chi connectivity index (χ2n) is 4.56. The lowest BCUT2D eigenvalue weighted by atomic mass is 10.1. The number of ether oxygens (including phenoxy) is 1.